The van der Waals surface area contributed by atoms with Crippen molar-refractivity contribution in [2.24, 2.45) is 0 Å². The van der Waals surface area contributed by atoms with E-state index in [1.165, 1.54) is 7.11 Å². The van der Waals surface area contributed by atoms with Crippen molar-refractivity contribution in [1.29, 1.82) is 0 Å². The van der Waals surface area contributed by atoms with E-state index in [-0.39, 0.29) is 18.4 Å². The van der Waals surface area contributed by atoms with Crippen LogP contribution in [0.4, 0.5) is 11.4 Å². The van der Waals surface area contributed by atoms with Crippen LogP contribution in [0.25, 0.3) is 21.7 Å². The largest absolute Gasteiger partial charge is 0.375 e. The molecule has 4 rings (SSSR count). The number of nitrogens with one attached hydrogen (secondary N) is 2. The first kappa shape index (κ1) is 20.7. The van der Waals surface area contributed by atoms with E-state index in [1.54, 1.807) is 48.6 Å². The third-order valence-corrected chi connectivity index (χ3v) is 5.58. The molecule has 0 saturated heterocycles. The molecule has 9 heteroatoms. The van der Waals surface area contributed by atoms with Crippen LogP contribution in [-0.4, -0.2) is 35.7 Å². The van der Waals surface area contributed by atoms with Gasteiger partial charge in [-0.05, 0) is 56.3 Å². The number of fused-ring (bicyclic) bond motifs is 1. The lowest BCUT2D eigenvalue weighted by atomic mass is 10.1. The van der Waals surface area contributed by atoms with Gasteiger partial charge < -0.3 is 19.9 Å². The Labute approximate surface area is 182 Å². The molecule has 0 fully saturated rings. The summed E-state index contributed by atoms with van der Waals surface area (Å²) in [5, 5.41) is 10.2. The lowest BCUT2D eigenvalue weighted by Crippen LogP contribution is -2.17. The Kier molecular flexibility index (Phi) is 5.79. The number of nitrogens with zero attached hydrogens (tertiary/aromatic N) is 2. The second kappa shape index (κ2) is 8.66. The summed E-state index contributed by atoms with van der Waals surface area (Å²) < 4.78 is 10.1. The number of aromatic nitrogens is 2. The molecular weight excluding hydrogens is 416 g/mol. The van der Waals surface area contributed by atoms with E-state index in [2.05, 4.69) is 20.8 Å². The lowest BCUT2D eigenvalue weighted by Gasteiger charge is -2.09. The predicted octanol–water partition coefficient (Wildman–Crippen LogP) is 4.41. The molecule has 0 aliphatic heterocycles. The number of ether oxygens (including phenoxy) is 1. The van der Waals surface area contributed by atoms with Gasteiger partial charge in [0.15, 0.2) is 0 Å². The van der Waals surface area contributed by atoms with Gasteiger partial charge in [-0.2, -0.15) is 0 Å². The SMILES string of the molecule is COCC(=O)Nc1ccc(NC(=O)c2cc(-c3ccc(C)s3)nc3onc(C)c23)cc1. The van der Waals surface area contributed by atoms with Gasteiger partial charge in [0.1, 0.15) is 6.61 Å². The number of anilines is 2. The first-order chi connectivity index (χ1) is 14.9. The van der Waals surface area contributed by atoms with E-state index in [0.29, 0.717) is 39.4 Å². The van der Waals surface area contributed by atoms with Gasteiger partial charge in [-0.1, -0.05) is 5.16 Å². The summed E-state index contributed by atoms with van der Waals surface area (Å²) in [5.41, 5.74) is 3.20. The van der Waals surface area contributed by atoms with E-state index < -0.39 is 0 Å². The van der Waals surface area contributed by atoms with Gasteiger partial charge in [-0.3, -0.25) is 9.59 Å². The molecule has 0 saturated carbocycles. The number of benzene rings is 1. The zero-order valence-electron chi connectivity index (χ0n) is 17.2. The summed E-state index contributed by atoms with van der Waals surface area (Å²) in [6.07, 6.45) is 0. The van der Waals surface area contributed by atoms with Crippen LogP contribution < -0.4 is 10.6 Å². The van der Waals surface area contributed by atoms with Crippen LogP contribution in [0.5, 0.6) is 0 Å². The summed E-state index contributed by atoms with van der Waals surface area (Å²) in [7, 11) is 1.45. The number of methoxy groups -OCH3 is 1. The fourth-order valence-corrected chi connectivity index (χ4v) is 3.96. The molecule has 0 aliphatic carbocycles. The minimum atomic E-state index is -0.301. The molecule has 2 amide bonds. The quantitative estimate of drug-likeness (QED) is 0.464. The van der Waals surface area contributed by atoms with Gasteiger partial charge >= 0.3 is 0 Å². The van der Waals surface area contributed by atoms with Crippen molar-refractivity contribution in [2.75, 3.05) is 24.4 Å². The molecule has 0 aliphatic rings. The van der Waals surface area contributed by atoms with Crippen LogP contribution in [0.3, 0.4) is 0 Å². The zero-order chi connectivity index (χ0) is 22.0. The standard InChI is InChI=1S/C22H20N4O4S/c1-12-4-9-18(31-12)17-10-16(20-13(2)26-30-22(20)25-17)21(28)24-15-7-5-14(6-8-15)23-19(27)11-29-3/h4-10H,11H2,1-3H3,(H,23,27)(H,24,28). The molecule has 3 aromatic heterocycles. The number of amides is 2. The van der Waals surface area contributed by atoms with Crippen LogP contribution in [0, 0.1) is 13.8 Å². The molecule has 0 radical (unpaired) electrons. The number of carbonyl (C=O) groups is 2. The van der Waals surface area contributed by atoms with Gasteiger partial charge in [0.2, 0.25) is 5.91 Å². The van der Waals surface area contributed by atoms with Gasteiger partial charge in [0, 0.05) is 23.4 Å². The molecule has 0 bridgehead atoms. The molecule has 2 N–H and O–H groups in total. The number of hydrogen-bond donors (Lipinski definition) is 2. The summed E-state index contributed by atoms with van der Waals surface area (Å²) in [5.74, 6) is -0.554. The third-order valence-electron chi connectivity index (χ3n) is 4.56. The van der Waals surface area contributed by atoms with Crippen LogP contribution in [0.15, 0.2) is 47.0 Å². The van der Waals surface area contributed by atoms with Gasteiger partial charge in [-0.25, -0.2) is 4.98 Å². The van der Waals surface area contributed by atoms with Crippen molar-refractivity contribution in [3.8, 4) is 10.6 Å². The number of pyridine rings is 1. The zero-order valence-corrected chi connectivity index (χ0v) is 18.0. The fourth-order valence-electron chi connectivity index (χ4n) is 3.14. The van der Waals surface area contributed by atoms with E-state index in [0.717, 1.165) is 9.75 Å². The van der Waals surface area contributed by atoms with Crippen LogP contribution in [0.1, 0.15) is 20.9 Å². The highest BCUT2D eigenvalue weighted by molar-refractivity contribution is 7.15. The van der Waals surface area contributed by atoms with Gasteiger partial charge in [0.25, 0.3) is 11.6 Å². The highest BCUT2D eigenvalue weighted by Gasteiger charge is 2.20. The van der Waals surface area contributed by atoms with Crippen molar-refractivity contribution < 1.29 is 18.8 Å². The average Bonchev–Trinajstić information content (AvgIpc) is 3.35. The molecule has 0 unspecified atom stereocenters. The molecule has 0 atom stereocenters. The second-order valence-corrected chi connectivity index (χ2v) is 8.21. The Morgan fingerprint density at radius 2 is 1.77 bits per heavy atom. The van der Waals surface area contributed by atoms with Crippen molar-refractivity contribution in [3.63, 3.8) is 0 Å². The molecule has 158 valence electrons. The first-order valence-electron chi connectivity index (χ1n) is 9.48. The van der Waals surface area contributed by atoms with Crippen molar-refractivity contribution in [3.05, 3.63) is 58.6 Å². The third kappa shape index (κ3) is 4.47. The smallest absolute Gasteiger partial charge is 0.259 e. The Morgan fingerprint density at radius 1 is 1.06 bits per heavy atom. The molecule has 3 heterocycles. The number of rotatable bonds is 6. The van der Waals surface area contributed by atoms with E-state index >= 15 is 0 Å². The van der Waals surface area contributed by atoms with Crippen LogP contribution in [0.2, 0.25) is 0 Å². The molecular formula is C22H20N4O4S. The molecule has 4 aromatic rings. The maximum absolute atomic E-state index is 13.1. The Balaban J connectivity index is 1.61. The first-order valence-corrected chi connectivity index (χ1v) is 10.3. The van der Waals surface area contributed by atoms with Crippen molar-refractivity contribution >= 4 is 45.6 Å². The highest BCUT2D eigenvalue weighted by Crippen LogP contribution is 2.31. The van der Waals surface area contributed by atoms with Gasteiger partial charge in [-0.15, -0.1) is 11.3 Å². The topological polar surface area (TPSA) is 106 Å². The van der Waals surface area contributed by atoms with E-state index in [9.17, 15) is 9.59 Å². The van der Waals surface area contributed by atoms with E-state index in [4.69, 9.17) is 9.26 Å². The molecule has 1 aromatic carbocycles. The normalized spacial score (nSPS) is 10.9. The molecule has 8 nitrogen and oxygen atoms in total. The fraction of sp³-hybridized carbons (Fsp3) is 0.182. The summed E-state index contributed by atoms with van der Waals surface area (Å²) in [6.45, 7) is 3.76. The number of thiophene rings is 1. The number of hydrogen-bond acceptors (Lipinski definition) is 7. The van der Waals surface area contributed by atoms with Crippen molar-refractivity contribution in [2.45, 2.75) is 13.8 Å². The summed E-state index contributed by atoms with van der Waals surface area (Å²) in [6, 6.07) is 12.6. The number of carbonyl (C=O) groups excluding carboxylic acids is 2. The molecule has 31 heavy (non-hydrogen) atoms. The van der Waals surface area contributed by atoms with Gasteiger partial charge in [0.05, 0.1) is 27.2 Å². The highest BCUT2D eigenvalue weighted by atomic mass is 32.1. The lowest BCUT2D eigenvalue weighted by molar-refractivity contribution is -0.119. The maximum Gasteiger partial charge on any atom is 0.259 e. The minimum absolute atomic E-state index is 0.0271. The monoisotopic (exact) mass is 436 g/mol. The maximum atomic E-state index is 13.1. The van der Waals surface area contributed by atoms with E-state index in [1.807, 2.05) is 19.1 Å². The minimum Gasteiger partial charge on any atom is -0.375 e. The predicted molar refractivity (Wildman–Crippen MR) is 119 cm³/mol. The Bertz CT molecular complexity index is 1260. The Hall–Kier alpha value is -3.56. The number of aryl methyl sites for hydroxylation is 2. The van der Waals surface area contributed by atoms with Crippen molar-refractivity contribution in [1.82, 2.24) is 10.1 Å². The summed E-state index contributed by atoms with van der Waals surface area (Å²) >= 11 is 1.59. The Morgan fingerprint density at radius 3 is 2.42 bits per heavy atom. The van der Waals surface area contributed by atoms with Crippen LogP contribution in [-0.2, 0) is 9.53 Å². The summed E-state index contributed by atoms with van der Waals surface area (Å²) in [4.78, 5) is 31.4. The average molecular weight is 436 g/mol. The van der Waals surface area contributed by atoms with Crippen LogP contribution >= 0.6 is 11.3 Å². The molecule has 0 spiro atoms. The second-order valence-electron chi connectivity index (χ2n) is 6.93.